The fourth-order valence-electron chi connectivity index (χ4n) is 2.86. The lowest BCUT2D eigenvalue weighted by Gasteiger charge is -2.23. The average Bonchev–Trinajstić information content (AvgIpc) is 2.90. The van der Waals surface area contributed by atoms with Crippen molar-refractivity contribution in [2.45, 2.75) is 13.0 Å². The van der Waals surface area contributed by atoms with Gasteiger partial charge in [-0.15, -0.1) is 0 Å². The number of anilines is 1. The molecule has 0 radical (unpaired) electrons. The minimum atomic E-state index is -0.169. The Morgan fingerprint density at radius 3 is 2.69 bits per heavy atom. The zero-order valence-electron chi connectivity index (χ0n) is 13.9. The van der Waals surface area contributed by atoms with E-state index in [2.05, 4.69) is 0 Å². The molecule has 0 aliphatic carbocycles. The summed E-state index contributed by atoms with van der Waals surface area (Å²) < 4.78 is 6.40. The quantitative estimate of drug-likeness (QED) is 0.613. The molecule has 0 aromatic heterocycles. The maximum Gasteiger partial charge on any atom is 0.270 e. The Balaban J connectivity index is 1.66. The highest BCUT2D eigenvalue weighted by molar-refractivity contribution is 8.27. The number of hydrogen-bond donors (Lipinski definition) is 1. The van der Waals surface area contributed by atoms with E-state index in [4.69, 9.17) is 17.0 Å². The van der Waals surface area contributed by atoms with Gasteiger partial charge < -0.3 is 9.84 Å². The third-order valence-corrected chi connectivity index (χ3v) is 5.52. The van der Waals surface area contributed by atoms with Crippen molar-refractivity contribution in [2.24, 2.45) is 0 Å². The van der Waals surface area contributed by atoms with Gasteiger partial charge in [0.1, 0.15) is 17.6 Å². The van der Waals surface area contributed by atoms with Crippen LogP contribution in [0.4, 0.5) is 5.69 Å². The molecule has 2 heterocycles. The highest BCUT2D eigenvalue weighted by Gasteiger charge is 2.34. The molecule has 0 saturated carbocycles. The van der Waals surface area contributed by atoms with Crippen LogP contribution >= 0.6 is 24.0 Å². The van der Waals surface area contributed by atoms with Crippen LogP contribution in [0, 0.1) is 0 Å². The Morgan fingerprint density at radius 2 is 1.92 bits per heavy atom. The standard InChI is InChI=1S/C20H15NO3S2/c1-12-14(10-13-4-2-3-5-17(13)24-12)11-18-19(23)21(20(25)26-18)15-6-8-16(22)9-7-15/h2-12,22H,1H3/b18-11+/t12-/m0/s1. The van der Waals surface area contributed by atoms with Crippen molar-refractivity contribution in [1.82, 2.24) is 0 Å². The molecule has 0 unspecified atom stereocenters. The molecule has 2 aromatic carbocycles. The normalized spacial score (nSPS) is 20.8. The van der Waals surface area contributed by atoms with Gasteiger partial charge in [-0.3, -0.25) is 9.69 Å². The first-order valence-electron chi connectivity index (χ1n) is 8.07. The van der Waals surface area contributed by atoms with Crippen molar-refractivity contribution in [3.05, 3.63) is 70.6 Å². The van der Waals surface area contributed by atoms with Crippen molar-refractivity contribution in [3.63, 3.8) is 0 Å². The number of carbonyl (C=O) groups is 1. The summed E-state index contributed by atoms with van der Waals surface area (Å²) in [6.45, 7) is 1.96. The number of para-hydroxylation sites is 1. The second-order valence-electron chi connectivity index (χ2n) is 5.98. The molecule has 1 atom stereocenters. The van der Waals surface area contributed by atoms with Crippen LogP contribution < -0.4 is 9.64 Å². The van der Waals surface area contributed by atoms with Crippen molar-refractivity contribution in [3.8, 4) is 11.5 Å². The van der Waals surface area contributed by atoms with Crippen LogP contribution in [0.2, 0.25) is 0 Å². The highest BCUT2D eigenvalue weighted by Crippen LogP contribution is 2.38. The van der Waals surface area contributed by atoms with Crippen molar-refractivity contribution in [1.29, 1.82) is 0 Å². The first-order valence-corrected chi connectivity index (χ1v) is 9.29. The van der Waals surface area contributed by atoms with Crippen molar-refractivity contribution < 1.29 is 14.6 Å². The summed E-state index contributed by atoms with van der Waals surface area (Å²) in [4.78, 5) is 14.9. The highest BCUT2D eigenvalue weighted by atomic mass is 32.2. The van der Waals surface area contributed by atoms with Gasteiger partial charge in [0, 0.05) is 5.56 Å². The third kappa shape index (κ3) is 3.02. The maximum atomic E-state index is 12.8. The van der Waals surface area contributed by atoms with Crippen LogP contribution in [-0.2, 0) is 4.79 Å². The summed E-state index contributed by atoms with van der Waals surface area (Å²) in [7, 11) is 0. The van der Waals surface area contributed by atoms with Gasteiger partial charge in [0.15, 0.2) is 4.32 Å². The first kappa shape index (κ1) is 16.9. The van der Waals surface area contributed by atoms with Crippen molar-refractivity contribution >= 4 is 46.0 Å². The van der Waals surface area contributed by atoms with E-state index in [1.807, 2.05) is 43.3 Å². The monoisotopic (exact) mass is 381 g/mol. The van der Waals surface area contributed by atoms with E-state index in [-0.39, 0.29) is 17.8 Å². The lowest BCUT2D eigenvalue weighted by atomic mass is 10.0. The van der Waals surface area contributed by atoms with Gasteiger partial charge in [0.25, 0.3) is 5.91 Å². The van der Waals surface area contributed by atoms with E-state index in [9.17, 15) is 9.90 Å². The number of phenolic OH excluding ortho intramolecular Hbond substituents is 1. The third-order valence-electron chi connectivity index (χ3n) is 4.21. The molecule has 1 amide bonds. The van der Waals surface area contributed by atoms with Gasteiger partial charge >= 0.3 is 0 Å². The molecule has 2 aliphatic heterocycles. The first-order chi connectivity index (χ1) is 12.5. The van der Waals surface area contributed by atoms with E-state index in [0.717, 1.165) is 16.9 Å². The molecule has 1 N–H and O–H groups in total. The lowest BCUT2D eigenvalue weighted by Crippen LogP contribution is -2.27. The number of ether oxygens (including phenoxy) is 1. The van der Waals surface area contributed by atoms with E-state index in [0.29, 0.717) is 14.9 Å². The number of hydrogen-bond acceptors (Lipinski definition) is 5. The van der Waals surface area contributed by atoms with Gasteiger partial charge in [-0.05, 0) is 55.0 Å². The van der Waals surface area contributed by atoms with Crippen LogP contribution in [0.25, 0.3) is 6.08 Å². The number of thioether (sulfide) groups is 1. The van der Waals surface area contributed by atoms with Crippen LogP contribution in [0.5, 0.6) is 11.5 Å². The number of phenols is 1. The Bertz CT molecular complexity index is 963. The molecule has 0 bridgehead atoms. The van der Waals surface area contributed by atoms with Gasteiger partial charge in [-0.25, -0.2) is 0 Å². The zero-order chi connectivity index (χ0) is 18.3. The van der Waals surface area contributed by atoms with Crippen LogP contribution in [0.15, 0.2) is 65.1 Å². The van der Waals surface area contributed by atoms with Crippen LogP contribution in [0.1, 0.15) is 12.5 Å². The van der Waals surface area contributed by atoms with Gasteiger partial charge in [-0.1, -0.05) is 42.2 Å². The average molecular weight is 381 g/mol. The smallest absolute Gasteiger partial charge is 0.270 e. The van der Waals surface area contributed by atoms with Gasteiger partial charge in [-0.2, -0.15) is 0 Å². The predicted molar refractivity (Wildman–Crippen MR) is 108 cm³/mol. The Hall–Kier alpha value is -2.57. The van der Waals surface area contributed by atoms with E-state index >= 15 is 0 Å². The molecule has 1 saturated heterocycles. The molecule has 26 heavy (non-hydrogen) atoms. The van der Waals surface area contributed by atoms with E-state index in [1.54, 1.807) is 12.1 Å². The Morgan fingerprint density at radius 1 is 1.19 bits per heavy atom. The molecule has 4 nitrogen and oxygen atoms in total. The predicted octanol–water partition coefficient (Wildman–Crippen LogP) is 4.51. The largest absolute Gasteiger partial charge is 0.508 e. The molecule has 0 spiro atoms. The molecular formula is C20H15NO3S2. The number of fused-ring (bicyclic) bond motifs is 1. The molecule has 130 valence electrons. The fraction of sp³-hybridized carbons (Fsp3) is 0.100. The Labute approximate surface area is 160 Å². The lowest BCUT2D eigenvalue weighted by molar-refractivity contribution is -0.113. The molecule has 2 aliphatic rings. The second-order valence-corrected chi connectivity index (χ2v) is 7.65. The summed E-state index contributed by atoms with van der Waals surface area (Å²) in [5.41, 5.74) is 2.56. The number of thiocarbonyl (C=S) groups is 1. The molecule has 4 rings (SSSR count). The molecule has 1 fully saturated rings. The number of carbonyl (C=O) groups excluding carboxylic acids is 1. The number of amides is 1. The number of benzene rings is 2. The van der Waals surface area contributed by atoms with Crippen LogP contribution in [-0.4, -0.2) is 21.4 Å². The Kier molecular flexibility index (Phi) is 4.30. The maximum absolute atomic E-state index is 12.8. The van der Waals surface area contributed by atoms with Crippen LogP contribution in [0.3, 0.4) is 0 Å². The topological polar surface area (TPSA) is 49.8 Å². The summed E-state index contributed by atoms with van der Waals surface area (Å²) in [6.07, 6.45) is 3.73. The van der Waals surface area contributed by atoms with Gasteiger partial charge in [0.2, 0.25) is 0 Å². The molecule has 2 aromatic rings. The van der Waals surface area contributed by atoms with Crippen molar-refractivity contribution in [2.75, 3.05) is 4.90 Å². The number of nitrogens with zero attached hydrogens (tertiary/aromatic N) is 1. The second kappa shape index (κ2) is 6.63. The van der Waals surface area contributed by atoms with E-state index < -0.39 is 0 Å². The summed E-state index contributed by atoms with van der Waals surface area (Å²) >= 11 is 6.65. The minimum Gasteiger partial charge on any atom is -0.508 e. The summed E-state index contributed by atoms with van der Waals surface area (Å²) in [5.74, 6) is 0.818. The fourth-order valence-corrected chi connectivity index (χ4v) is 4.16. The molecule has 6 heteroatoms. The number of aromatic hydroxyl groups is 1. The van der Waals surface area contributed by atoms with Gasteiger partial charge in [0.05, 0.1) is 10.6 Å². The molecular weight excluding hydrogens is 366 g/mol. The summed E-state index contributed by atoms with van der Waals surface area (Å²) in [6, 6.07) is 14.2. The minimum absolute atomic E-state index is 0.145. The summed E-state index contributed by atoms with van der Waals surface area (Å²) in [5, 5.41) is 9.43. The SMILES string of the molecule is C[C@@H]1Oc2ccccc2C=C1/C=C1/SC(=S)N(c2ccc(O)cc2)C1=O. The van der Waals surface area contributed by atoms with E-state index in [1.165, 1.54) is 28.8 Å². The zero-order valence-corrected chi connectivity index (χ0v) is 15.5. The number of rotatable bonds is 2.